The molecule has 6 nitrogen and oxygen atoms in total. The lowest BCUT2D eigenvalue weighted by atomic mass is 9.84. The van der Waals surface area contributed by atoms with E-state index in [0.29, 0.717) is 0 Å². The number of anilines is 2. The second-order valence-corrected chi connectivity index (χ2v) is 14.5. The number of hydrogen-bond acceptors (Lipinski definition) is 4. The first-order chi connectivity index (χ1) is 19.9. The minimum Gasteiger partial charge on any atom is -0.346 e. The molecule has 0 N–H and O–H groups in total. The summed E-state index contributed by atoms with van der Waals surface area (Å²) in [6.07, 6.45) is 2.13. The number of piperazine rings is 1. The van der Waals surface area contributed by atoms with Crippen LogP contribution in [0.1, 0.15) is 19.4 Å². The molecule has 3 heterocycles. The van der Waals surface area contributed by atoms with Gasteiger partial charge in [-0.2, -0.15) is 5.10 Å². The number of likely N-dealkylation sites (N-methyl/N-ethyl adjacent to an activating group) is 2. The summed E-state index contributed by atoms with van der Waals surface area (Å²) in [6.45, 7) is 8.56. The summed E-state index contributed by atoms with van der Waals surface area (Å²) >= 11 is 0. The standard InChI is InChI=1S/C34H37N6P/c1-34(2)29-18-10-11-20-31(29)38(4)33(34)32-25-35-40(27-15-6-5-7-16-27)41(32,39-23-21-37(3)22-24-39)36-30-19-12-14-26-13-8-9-17-28(26)30/h5-20,25H,21-24H2,1-4H3/b33-32-/t41-/m1/s1. The molecule has 0 saturated carbocycles. The molecule has 0 radical (unpaired) electrons. The lowest BCUT2D eigenvalue weighted by Crippen LogP contribution is -2.44. The first kappa shape index (κ1) is 26.2. The number of hydrazone groups is 1. The average Bonchev–Trinajstić information content (AvgIpc) is 3.45. The highest BCUT2D eigenvalue weighted by atomic mass is 31.2. The summed E-state index contributed by atoms with van der Waals surface area (Å²) < 4.78 is 10.9. The van der Waals surface area contributed by atoms with Gasteiger partial charge in [0.1, 0.15) is 0 Å². The van der Waals surface area contributed by atoms with Crippen LogP contribution in [0.25, 0.3) is 10.8 Å². The monoisotopic (exact) mass is 560 g/mol. The smallest absolute Gasteiger partial charge is 0.179 e. The molecule has 4 aromatic carbocycles. The van der Waals surface area contributed by atoms with Gasteiger partial charge in [0.05, 0.1) is 22.9 Å². The van der Waals surface area contributed by atoms with Crippen molar-refractivity contribution < 1.29 is 0 Å². The molecular weight excluding hydrogens is 523 g/mol. The predicted octanol–water partition coefficient (Wildman–Crippen LogP) is 7.90. The van der Waals surface area contributed by atoms with E-state index in [2.05, 4.69) is 150 Å². The van der Waals surface area contributed by atoms with Crippen LogP contribution in [0, 0.1) is 0 Å². The van der Waals surface area contributed by atoms with Crippen molar-refractivity contribution in [3.63, 3.8) is 0 Å². The van der Waals surface area contributed by atoms with Crippen LogP contribution in [0.3, 0.4) is 0 Å². The van der Waals surface area contributed by atoms with Crippen LogP contribution in [0.15, 0.2) is 118 Å². The molecule has 0 aliphatic carbocycles. The van der Waals surface area contributed by atoms with Gasteiger partial charge in [-0.05, 0) is 42.3 Å². The van der Waals surface area contributed by atoms with Crippen molar-refractivity contribution in [2.75, 3.05) is 50.0 Å². The van der Waals surface area contributed by atoms with Gasteiger partial charge >= 0.3 is 0 Å². The Morgan fingerprint density at radius 3 is 2.22 bits per heavy atom. The van der Waals surface area contributed by atoms with E-state index in [-0.39, 0.29) is 5.41 Å². The molecule has 0 aromatic heterocycles. The topological polar surface area (TPSA) is 37.7 Å². The second kappa shape index (κ2) is 9.99. The third-order valence-corrected chi connectivity index (χ3v) is 12.4. The van der Waals surface area contributed by atoms with Gasteiger partial charge in [0.15, 0.2) is 7.36 Å². The van der Waals surface area contributed by atoms with E-state index in [0.717, 1.165) is 37.6 Å². The van der Waals surface area contributed by atoms with Crippen molar-refractivity contribution in [3.8, 4) is 0 Å². The normalized spacial score (nSPS) is 24.3. The molecule has 0 amide bonds. The zero-order valence-corrected chi connectivity index (χ0v) is 25.2. The molecule has 7 heteroatoms. The van der Waals surface area contributed by atoms with E-state index >= 15 is 0 Å². The quantitative estimate of drug-likeness (QED) is 0.239. The van der Waals surface area contributed by atoms with Crippen LogP contribution in [0.5, 0.6) is 0 Å². The average molecular weight is 561 g/mol. The van der Waals surface area contributed by atoms with Gasteiger partial charge < -0.3 is 9.80 Å². The Morgan fingerprint density at radius 2 is 1.44 bits per heavy atom. The van der Waals surface area contributed by atoms with Crippen LogP contribution in [-0.4, -0.2) is 56.1 Å². The van der Waals surface area contributed by atoms with Crippen molar-refractivity contribution in [1.29, 1.82) is 0 Å². The van der Waals surface area contributed by atoms with Gasteiger partial charge in [-0.3, -0.25) is 0 Å². The largest absolute Gasteiger partial charge is 0.346 e. The van der Waals surface area contributed by atoms with E-state index in [9.17, 15) is 0 Å². The first-order valence-corrected chi connectivity index (χ1v) is 16.1. The molecular formula is C34H37N6P. The summed E-state index contributed by atoms with van der Waals surface area (Å²) in [7, 11) is 1.80. The van der Waals surface area contributed by atoms with Crippen LogP contribution in [0.4, 0.5) is 17.1 Å². The molecule has 1 saturated heterocycles. The predicted molar refractivity (Wildman–Crippen MR) is 174 cm³/mol. The van der Waals surface area contributed by atoms with Crippen molar-refractivity contribution >= 4 is 41.4 Å². The number of rotatable bonds is 3. The van der Waals surface area contributed by atoms with Crippen LogP contribution in [-0.2, 0) is 5.41 Å². The SMILES string of the molecule is CN1CCN([P@]2(=Nc3cccc4ccccc34)/C(=C3\N(C)c4ccccc4C3(C)C)C=NN2c2ccccc2)CC1. The zero-order chi connectivity index (χ0) is 28.2. The fourth-order valence-electron chi connectivity index (χ4n) is 6.76. The maximum atomic E-state index is 5.95. The van der Waals surface area contributed by atoms with E-state index in [4.69, 9.17) is 9.85 Å². The van der Waals surface area contributed by atoms with Crippen LogP contribution < -0.4 is 9.68 Å². The Morgan fingerprint density at radius 1 is 0.756 bits per heavy atom. The molecule has 3 aliphatic rings. The number of benzene rings is 4. The summed E-state index contributed by atoms with van der Waals surface area (Å²) in [4.78, 5) is 4.82. The van der Waals surface area contributed by atoms with E-state index in [1.165, 1.54) is 33.0 Å². The number of nitrogens with zero attached hydrogens (tertiary/aromatic N) is 6. The van der Waals surface area contributed by atoms with Crippen molar-refractivity contribution in [3.05, 3.63) is 114 Å². The molecule has 0 spiro atoms. The first-order valence-electron chi connectivity index (χ1n) is 14.4. The fourth-order valence-corrected chi connectivity index (χ4v) is 10.6. The van der Waals surface area contributed by atoms with Gasteiger partial charge in [0, 0.05) is 55.4 Å². The highest BCUT2D eigenvalue weighted by molar-refractivity contribution is 7.71. The minimum atomic E-state index is -2.63. The van der Waals surface area contributed by atoms with Gasteiger partial charge in [-0.25, -0.2) is 14.2 Å². The van der Waals surface area contributed by atoms with Gasteiger partial charge in [0.2, 0.25) is 0 Å². The summed E-state index contributed by atoms with van der Waals surface area (Å²) in [5, 5.41) is 8.86. The van der Waals surface area contributed by atoms with Gasteiger partial charge in [0.25, 0.3) is 0 Å². The Labute approximate surface area is 243 Å². The molecule has 41 heavy (non-hydrogen) atoms. The number of fused-ring (bicyclic) bond motifs is 2. The summed E-state index contributed by atoms with van der Waals surface area (Å²) in [6, 6.07) is 34.5. The molecule has 1 atom stereocenters. The van der Waals surface area contributed by atoms with Gasteiger partial charge in [-0.1, -0.05) is 86.6 Å². The van der Waals surface area contributed by atoms with Crippen LogP contribution in [0.2, 0.25) is 0 Å². The minimum absolute atomic E-state index is 0.203. The maximum absolute atomic E-state index is 5.95. The van der Waals surface area contributed by atoms with Crippen LogP contribution >= 0.6 is 7.36 Å². The lowest BCUT2D eigenvalue weighted by molar-refractivity contribution is 0.227. The molecule has 0 bridgehead atoms. The van der Waals surface area contributed by atoms with Crippen molar-refractivity contribution in [1.82, 2.24) is 9.57 Å². The molecule has 3 aliphatic heterocycles. The van der Waals surface area contributed by atoms with E-state index in [1.807, 2.05) is 0 Å². The van der Waals surface area contributed by atoms with Crippen molar-refractivity contribution in [2.45, 2.75) is 19.3 Å². The molecule has 7 rings (SSSR count). The number of hydrogen-bond donors (Lipinski definition) is 0. The fraction of sp³-hybridized carbons (Fsp3) is 0.265. The molecule has 4 aromatic rings. The Kier molecular flexibility index (Phi) is 6.39. The third-order valence-electron chi connectivity index (χ3n) is 8.86. The Balaban J connectivity index is 1.58. The zero-order valence-electron chi connectivity index (χ0n) is 24.3. The highest BCUT2D eigenvalue weighted by Crippen LogP contribution is 2.71. The molecule has 208 valence electrons. The number of allylic oxidation sites excluding steroid dienone is 2. The number of para-hydroxylation sites is 2. The second-order valence-electron chi connectivity index (χ2n) is 11.7. The van der Waals surface area contributed by atoms with E-state index in [1.54, 1.807) is 0 Å². The highest BCUT2D eigenvalue weighted by Gasteiger charge is 2.50. The maximum Gasteiger partial charge on any atom is 0.179 e. The summed E-state index contributed by atoms with van der Waals surface area (Å²) in [5.41, 5.74) is 5.79. The molecule has 0 unspecified atom stereocenters. The van der Waals surface area contributed by atoms with Crippen molar-refractivity contribution in [2.24, 2.45) is 9.85 Å². The lowest BCUT2D eigenvalue weighted by Gasteiger charge is -2.44. The Hall–Kier alpha value is -3.70. The van der Waals surface area contributed by atoms with E-state index < -0.39 is 7.36 Å². The molecule has 1 fully saturated rings. The van der Waals surface area contributed by atoms with Gasteiger partial charge in [-0.15, -0.1) is 0 Å². The summed E-state index contributed by atoms with van der Waals surface area (Å²) in [5.74, 6) is 0. The third kappa shape index (κ3) is 4.08. The Bertz CT molecular complexity index is 1730.